The Balaban J connectivity index is 2.34. The van der Waals surface area contributed by atoms with Gasteiger partial charge in [0.25, 0.3) is 5.91 Å². The molecule has 1 aliphatic heterocycles. The Hall–Kier alpha value is -1.84. The maximum Gasteiger partial charge on any atom is 0.252 e. The molecule has 0 radical (unpaired) electrons. The van der Waals surface area contributed by atoms with Gasteiger partial charge in [-0.15, -0.1) is 0 Å². The molecule has 1 fully saturated rings. The van der Waals surface area contributed by atoms with Crippen molar-refractivity contribution in [2.24, 2.45) is 5.92 Å². The average Bonchev–Trinajstić information content (AvgIpc) is 2.60. The van der Waals surface area contributed by atoms with E-state index in [9.17, 15) is 9.59 Å². The third kappa shape index (κ3) is 3.26. The highest BCUT2D eigenvalue weighted by atomic mass is 16.2. The standard InChI is InChI=1S/C17H24N2O2/c1-4-13(2)12-19-11-10-15(20)18-17(3,16(19)21)14-8-6-5-7-9-14/h5-9,13H,4,10-12H2,1-3H3,(H,18,20). The van der Waals surface area contributed by atoms with Crippen LogP contribution in [0.25, 0.3) is 0 Å². The molecule has 1 N–H and O–H groups in total. The first-order valence-electron chi connectivity index (χ1n) is 7.63. The molecule has 1 aromatic rings. The highest BCUT2D eigenvalue weighted by Crippen LogP contribution is 2.26. The van der Waals surface area contributed by atoms with Crippen LogP contribution < -0.4 is 5.32 Å². The van der Waals surface area contributed by atoms with Gasteiger partial charge in [-0.3, -0.25) is 9.59 Å². The van der Waals surface area contributed by atoms with Crippen LogP contribution in [0.5, 0.6) is 0 Å². The molecule has 1 aromatic carbocycles. The minimum Gasteiger partial charge on any atom is -0.340 e. The Labute approximate surface area is 126 Å². The van der Waals surface area contributed by atoms with E-state index in [1.807, 2.05) is 35.2 Å². The van der Waals surface area contributed by atoms with Crippen LogP contribution in [-0.4, -0.2) is 29.8 Å². The smallest absolute Gasteiger partial charge is 0.252 e. The number of benzene rings is 1. The van der Waals surface area contributed by atoms with E-state index in [4.69, 9.17) is 0 Å². The zero-order valence-electron chi connectivity index (χ0n) is 13.1. The van der Waals surface area contributed by atoms with E-state index in [1.165, 1.54) is 0 Å². The summed E-state index contributed by atoms with van der Waals surface area (Å²) in [6, 6.07) is 9.48. The monoisotopic (exact) mass is 288 g/mol. The van der Waals surface area contributed by atoms with Crippen molar-refractivity contribution in [3.05, 3.63) is 35.9 Å². The van der Waals surface area contributed by atoms with Gasteiger partial charge in [-0.2, -0.15) is 0 Å². The van der Waals surface area contributed by atoms with E-state index in [-0.39, 0.29) is 11.8 Å². The quantitative estimate of drug-likeness (QED) is 0.924. The summed E-state index contributed by atoms with van der Waals surface area (Å²) in [4.78, 5) is 26.8. The van der Waals surface area contributed by atoms with Gasteiger partial charge in [0.1, 0.15) is 5.54 Å². The summed E-state index contributed by atoms with van der Waals surface area (Å²) in [6.07, 6.45) is 1.39. The van der Waals surface area contributed by atoms with Gasteiger partial charge in [-0.1, -0.05) is 50.6 Å². The Morgan fingerprint density at radius 1 is 1.29 bits per heavy atom. The second kappa shape index (κ2) is 6.29. The van der Waals surface area contributed by atoms with Gasteiger partial charge in [0.2, 0.25) is 5.91 Å². The molecule has 0 spiro atoms. The normalized spacial score (nSPS) is 24.4. The molecule has 2 unspecified atom stereocenters. The number of rotatable bonds is 4. The van der Waals surface area contributed by atoms with Crippen molar-refractivity contribution < 1.29 is 9.59 Å². The van der Waals surface area contributed by atoms with Crippen molar-refractivity contribution in [2.75, 3.05) is 13.1 Å². The highest BCUT2D eigenvalue weighted by Gasteiger charge is 2.42. The molecule has 0 saturated carbocycles. The molecule has 4 heteroatoms. The Bertz CT molecular complexity index is 515. The summed E-state index contributed by atoms with van der Waals surface area (Å²) in [7, 11) is 0. The highest BCUT2D eigenvalue weighted by molar-refractivity contribution is 5.94. The summed E-state index contributed by atoms with van der Waals surface area (Å²) in [5, 5.41) is 2.91. The number of amides is 2. The Kier molecular flexibility index (Phi) is 4.66. The Morgan fingerprint density at radius 2 is 1.95 bits per heavy atom. The molecule has 21 heavy (non-hydrogen) atoms. The predicted molar refractivity (Wildman–Crippen MR) is 82.6 cm³/mol. The predicted octanol–water partition coefficient (Wildman–Crippen LogP) is 2.30. The molecule has 4 nitrogen and oxygen atoms in total. The molecular formula is C17H24N2O2. The minimum atomic E-state index is -0.970. The zero-order valence-corrected chi connectivity index (χ0v) is 13.1. The lowest BCUT2D eigenvalue weighted by Crippen LogP contribution is -2.53. The van der Waals surface area contributed by atoms with Crippen molar-refractivity contribution in [3.8, 4) is 0 Å². The van der Waals surface area contributed by atoms with Crippen molar-refractivity contribution in [1.82, 2.24) is 10.2 Å². The largest absolute Gasteiger partial charge is 0.340 e. The first-order chi connectivity index (χ1) is 9.97. The first-order valence-corrected chi connectivity index (χ1v) is 7.63. The van der Waals surface area contributed by atoms with E-state index in [0.717, 1.165) is 12.0 Å². The van der Waals surface area contributed by atoms with E-state index < -0.39 is 5.54 Å². The number of carbonyl (C=O) groups is 2. The molecule has 0 aliphatic carbocycles. The van der Waals surface area contributed by atoms with Crippen LogP contribution in [0.15, 0.2) is 30.3 Å². The molecule has 1 saturated heterocycles. The minimum absolute atomic E-state index is 0.0140. The number of hydrogen-bond acceptors (Lipinski definition) is 2. The van der Waals surface area contributed by atoms with Crippen LogP contribution in [0.3, 0.4) is 0 Å². The second-order valence-electron chi connectivity index (χ2n) is 6.05. The SMILES string of the molecule is CCC(C)CN1CCC(=O)NC(C)(c2ccccc2)C1=O. The number of carbonyl (C=O) groups excluding carboxylic acids is 2. The molecule has 0 aromatic heterocycles. The van der Waals surface area contributed by atoms with Gasteiger partial charge in [0.15, 0.2) is 0 Å². The van der Waals surface area contributed by atoms with Gasteiger partial charge < -0.3 is 10.2 Å². The van der Waals surface area contributed by atoms with Crippen LogP contribution in [-0.2, 0) is 15.1 Å². The molecule has 2 amide bonds. The lowest BCUT2D eigenvalue weighted by Gasteiger charge is -2.33. The molecule has 1 aliphatic rings. The fraction of sp³-hybridized carbons (Fsp3) is 0.529. The fourth-order valence-corrected chi connectivity index (χ4v) is 2.70. The maximum atomic E-state index is 13.0. The fourth-order valence-electron chi connectivity index (χ4n) is 2.70. The number of hydrogen-bond donors (Lipinski definition) is 1. The van der Waals surface area contributed by atoms with Gasteiger partial charge in [0.05, 0.1) is 0 Å². The van der Waals surface area contributed by atoms with Crippen LogP contribution in [0.1, 0.15) is 39.2 Å². The lowest BCUT2D eigenvalue weighted by atomic mass is 9.90. The molecular weight excluding hydrogens is 264 g/mol. The Morgan fingerprint density at radius 3 is 2.57 bits per heavy atom. The van der Waals surface area contributed by atoms with Gasteiger partial charge in [0, 0.05) is 19.5 Å². The summed E-state index contributed by atoms with van der Waals surface area (Å²) in [5.41, 5.74) is -0.137. The van der Waals surface area contributed by atoms with E-state index >= 15 is 0 Å². The lowest BCUT2D eigenvalue weighted by molar-refractivity contribution is -0.139. The van der Waals surface area contributed by atoms with Crippen LogP contribution >= 0.6 is 0 Å². The van der Waals surface area contributed by atoms with Crippen molar-refractivity contribution in [1.29, 1.82) is 0 Å². The van der Waals surface area contributed by atoms with E-state index in [2.05, 4.69) is 19.2 Å². The van der Waals surface area contributed by atoms with E-state index in [0.29, 0.717) is 25.4 Å². The topological polar surface area (TPSA) is 49.4 Å². The van der Waals surface area contributed by atoms with Crippen LogP contribution in [0.4, 0.5) is 0 Å². The van der Waals surface area contributed by atoms with Crippen molar-refractivity contribution in [3.63, 3.8) is 0 Å². The second-order valence-corrected chi connectivity index (χ2v) is 6.05. The third-order valence-electron chi connectivity index (χ3n) is 4.29. The summed E-state index contributed by atoms with van der Waals surface area (Å²) in [5.74, 6) is 0.350. The van der Waals surface area contributed by atoms with E-state index in [1.54, 1.807) is 6.92 Å². The van der Waals surface area contributed by atoms with Gasteiger partial charge in [-0.25, -0.2) is 0 Å². The molecule has 2 atom stereocenters. The van der Waals surface area contributed by atoms with Gasteiger partial charge in [-0.05, 0) is 18.4 Å². The van der Waals surface area contributed by atoms with Crippen LogP contribution in [0.2, 0.25) is 0 Å². The molecule has 0 bridgehead atoms. The van der Waals surface area contributed by atoms with Gasteiger partial charge >= 0.3 is 0 Å². The third-order valence-corrected chi connectivity index (χ3v) is 4.29. The number of nitrogens with zero attached hydrogens (tertiary/aromatic N) is 1. The van der Waals surface area contributed by atoms with Crippen molar-refractivity contribution in [2.45, 2.75) is 39.2 Å². The summed E-state index contributed by atoms with van der Waals surface area (Å²) >= 11 is 0. The molecule has 114 valence electrons. The summed E-state index contributed by atoms with van der Waals surface area (Å²) < 4.78 is 0. The summed E-state index contributed by atoms with van der Waals surface area (Å²) in [6.45, 7) is 7.25. The maximum absolute atomic E-state index is 13.0. The first kappa shape index (κ1) is 15.5. The van der Waals surface area contributed by atoms with Crippen LogP contribution in [0, 0.1) is 5.92 Å². The zero-order chi connectivity index (χ0) is 15.5. The average molecular weight is 288 g/mol. The molecule has 2 rings (SSSR count). The number of nitrogens with one attached hydrogen (secondary N) is 1. The molecule has 1 heterocycles. The van der Waals surface area contributed by atoms with Crippen molar-refractivity contribution >= 4 is 11.8 Å².